The summed E-state index contributed by atoms with van der Waals surface area (Å²) in [5, 5.41) is 0.578. The predicted molar refractivity (Wildman–Crippen MR) is 94.2 cm³/mol. The number of rotatable bonds is 6. The Bertz CT molecular complexity index is 569. The zero-order chi connectivity index (χ0) is 17.5. The average Bonchev–Trinajstić information content (AvgIpc) is 2.59. The van der Waals surface area contributed by atoms with Gasteiger partial charge in [-0.2, -0.15) is 0 Å². The highest BCUT2D eigenvalue weighted by molar-refractivity contribution is 6.32. The first-order valence-electron chi connectivity index (χ1n) is 8.43. The maximum atomic E-state index is 12.2. The van der Waals surface area contributed by atoms with Gasteiger partial charge in [-0.3, -0.25) is 9.59 Å². The summed E-state index contributed by atoms with van der Waals surface area (Å²) >= 11 is 6.02. The fourth-order valence-electron chi connectivity index (χ4n) is 2.67. The zero-order valence-corrected chi connectivity index (χ0v) is 15.1. The molecule has 0 atom stereocenters. The van der Waals surface area contributed by atoms with Crippen molar-refractivity contribution in [3.05, 3.63) is 29.3 Å². The van der Waals surface area contributed by atoms with Crippen molar-refractivity contribution in [3.8, 4) is 5.75 Å². The van der Waals surface area contributed by atoms with Crippen LogP contribution < -0.4 is 4.74 Å². The van der Waals surface area contributed by atoms with Crippen LogP contribution in [0, 0.1) is 5.92 Å². The second-order valence-electron chi connectivity index (χ2n) is 6.24. The van der Waals surface area contributed by atoms with Crippen LogP contribution in [0.2, 0.25) is 5.02 Å². The summed E-state index contributed by atoms with van der Waals surface area (Å²) in [6, 6.07) is 7.31. The molecular weight excluding hydrogens is 328 g/mol. The fourth-order valence-corrected chi connectivity index (χ4v) is 2.86. The van der Waals surface area contributed by atoms with E-state index >= 15 is 0 Å². The van der Waals surface area contributed by atoms with Gasteiger partial charge in [0, 0.05) is 38.5 Å². The number of hydrogen-bond acceptors (Lipinski definition) is 3. The van der Waals surface area contributed by atoms with E-state index < -0.39 is 0 Å². The third-order valence-corrected chi connectivity index (χ3v) is 4.38. The first kappa shape index (κ1) is 18.6. The molecule has 1 aromatic rings. The summed E-state index contributed by atoms with van der Waals surface area (Å²) in [5.41, 5.74) is 0. The Morgan fingerprint density at radius 1 is 1.12 bits per heavy atom. The second kappa shape index (κ2) is 8.92. The highest BCUT2D eigenvalue weighted by Crippen LogP contribution is 2.23. The van der Waals surface area contributed by atoms with E-state index in [1.54, 1.807) is 6.07 Å². The highest BCUT2D eigenvalue weighted by Gasteiger charge is 2.24. The van der Waals surface area contributed by atoms with Crippen LogP contribution in [0.4, 0.5) is 0 Å². The largest absolute Gasteiger partial charge is 0.492 e. The SMILES string of the molecule is CC(C)C(=O)N1CCN(C(=O)CCCOc2ccccc2Cl)CC1. The molecule has 1 fully saturated rings. The number of nitrogens with zero attached hydrogens (tertiary/aromatic N) is 2. The monoisotopic (exact) mass is 352 g/mol. The molecule has 0 aromatic heterocycles. The van der Waals surface area contributed by atoms with E-state index in [0.717, 1.165) is 0 Å². The number of amides is 2. The molecule has 132 valence electrons. The van der Waals surface area contributed by atoms with Gasteiger partial charge in [-0.15, -0.1) is 0 Å². The molecule has 0 aliphatic carbocycles. The van der Waals surface area contributed by atoms with E-state index in [1.807, 2.05) is 41.8 Å². The maximum Gasteiger partial charge on any atom is 0.225 e. The molecule has 5 nitrogen and oxygen atoms in total. The Labute approximate surface area is 148 Å². The van der Waals surface area contributed by atoms with Gasteiger partial charge in [0.15, 0.2) is 0 Å². The lowest BCUT2D eigenvalue weighted by molar-refractivity contribution is -0.141. The van der Waals surface area contributed by atoms with Crippen molar-refractivity contribution in [1.82, 2.24) is 9.80 Å². The normalized spacial score (nSPS) is 14.8. The lowest BCUT2D eigenvalue weighted by Gasteiger charge is -2.35. The number of piperazine rings is 1. The number of carbonyl (C=O) groups excluding carboxylic acids is 2. The van der Waals surface area contributed by atoms with Crippen molar-refractivity contribution in [2.24, 2.45) is 5.92 Å². The smallest absolute Gasteiger partial charge is 0.225 e. The molecule has 0 spiro atoms. The molecule has 0 bridgehead atoms. The Kier molecular flexibility index (Phi) is 6.91. The summed E-state index contributed by atoms with van der Waals surface area (Å²) in [6.45, 7) is 6.74. The molecule has 1 heterocycles. The molecule has 1 aliphatic rings. The van der Waals surface area contributed by atoms with Gasteiger partial charge in [0.2, 0.25) is 11.8 Å². The van der Waals surface area contributed by atoms with E-state index in [4.69, 9.17) is 16.3 Å². The van der Waals surface area contributed by atoms with Crippen molar-refractivity contribution in [1.29, 1.82) is 0 Å². The lowest BCUT2D eigenvalue weighted by atomic mass is 10.1. The Hall–Kier alpha value is -1.75. The summed E-state index contributed by atoms with van der Waals surface area (Å²) in [5.74, 6) is 0.936. The first-order chi connectivity index (χ1) is 11.5. The number of halogens is 1. The average molecular weight is 353 g/mol. The van der Waals surface area contributed by atoms with E-state index in [9.17, 15) is 9.59 Å². The topological polar surface area (TPSA) is 49.9 Å². The number of carbonyl (C=O) groups is 2. The molecule has 1 aliphatic heterocycles. The zero-order valence-electron chi connectivity index (χ0n) is 14.3. The van der Waals surface area contributed by atoms with Gasteiger partial charge in [0.25, 0.3) is 0 Å². The van der Waals surface area contributed by atoms with Crippen LogP contribution in [0.15, 0.2) is 24.3 Å². The third kappa shape index (κ3) is 5.13. The van der Waals surface area contributed by atoms with Crippen LogP contribution in [0.3, 0.4) is 0 Å². The standard InChI is InChI=1S/C18H25ClN2O3/c1-14(2)18(23)21-11-9-20(10-12-21)17(22)8-5-13-24-16-7-4-3-6-15(16)19/h3-4,6-7,14H,5,8-13H2,1-2H3. The number of para-hydroxylation sites is 1. The number of hydrogen-bond donors (Lipinski definition) is 0. The van der Waals surface area contributed by atoms with Crippen LogP contribution in [-0.4, -0.2) is 54.4 Å². The number of ether oxygens (including phenoxy) is 1. The van der Waals surface area contributed by atoms with Gasteiger partial charge < -0.3 is 14.5 Å². The van der Waals surface area contributed by atoms with E-state index in [2.05, 4.69) is 0 Å². The summed E-state index contributed by atoms with van der Waals surface area (Å²) in [7, 11) is 0. The second-order valence-corrected chi connectivity index (χ2v) is 6.65. The molecule has 0 unspecified atom stereocenters. The van der Waals surface area contributed by atoms with Crippen molar-refractivity contribution in [3.63, 3.8) is 0 Å². The summed E-state index contributed by atoms with van der Waals surface area (Å²) in [4.78, 5) is 27.8. The van der Waals surface area contributed by atoms with Gasteiger partial charge in [0.1, 0.15) is 5.75 Å². The minimum absolute atomic E-state index is 0.00853. The molecule has 1 aromatic carbocycles. The highest BCUT2D eigenvalue weighted by atomic mass is 35.5. The molecule has 6 heteroatoms. The van der Waals surface area contributed by atoms with Gasteiger partial charge in [-0.25, -0.2) is 0 Å². The Morgan fingerprint density at radius 3 is 2.38 bits per heavy atom. The van der Waals surface area contributed by atoms with Crippen LogP contribution in [0.5, 0.6) is 5.75 Å². The van der Waals surface area contributed by atoms with Crippen LogP contribution in [-0.2, 0) is 9.59 Å². The molecular formula is C18H25ClN2O3. The molecule has 0 N–H and O–H groups in total. The van der Waals surface area contributed by atoms with Crippen LogP contribution in [0.1, 0.15) is 26.7 Å². The van der Waals surface area contributed by atoms with Crippen molar-refractivity contribution < 1.29 is 14.3 Å². The van der Waals surface area contributed by atoms with Crippen LogP contribution >= 0.6 is 11.6 Å². The predicted octanol–water partition coefficient (Wildman–Crippen LogP) is 2.83. The van der Waals surface area contributed by atoms with Crippen molar-refractivity contribution >= 4 is 23.4 Å². The lowest BCUT2D eigenvalue weighted by Crippen LogP contribution is -2.51. The fraction of sp³-hybridized carbons (Fsp3) is 0.556. The van der Waals surface area contributed by atoms with Crippen molar-refractivity contribution in [2.75, 3.05) is 32.8 Å². The van der Waals surface area contributed by atoms with Gasteiger partial charge in [-0.1, -0.05) is 37.6 Å². The minimum Gasteiger partial charge on any atom is -0.492 e. The summed E-state index contributed by atoms with van der Waals surface area (Å²) < 4.78 is 5.59. The molecule has 0 radical (unpaired) electrons. The maximum absolute atomic E-state index is 12.2. The molecule has 0 saturated carbocycles. The molecule has 2 amide bonds. The number of benzene rings is 1. The van der Waals surface area contributed by atoms with Crippen molar-refractivity contribution in [2.45, 2.75) is 26.7 Å². The Morgan fingerprint density at radius 2 is 1.75 bits per heavy atom. The van der Waals surface area contributed by atoms with Gasteiger partial charge >= 0.3 is 0 Å². The first-order valence-corrected chi connectivity index (χ1v) is 8.80. The Balaban J connectivity index is 1.67. The van der Waals surface area contributed by atoms with Gasteiger partial charge in [-0.05, 0) is 18.6 Å². The molecule has 24 heavy (non-hydrogen) atoms. The van der Waals surface area contributed by atoms with E-state index in [-0.39, 0.29) is 17.7 Å². The van der Waals surface area contributed by atoms with Gasteiger partial charge in [0.05, 0.1) is 11.6 Å². The molecule has 2 rings (SSSR count). The summed E-state index contributed by atoms with van der Waals surface area (Å²) in [6.07, 6.45) is 1.10. The quantitative estimate of drug-likeness (QED) is 0.740. The minimum atomic E-state index is 0.00853. The van der Waals surface area contributed by atoms with Crippen LogP contribution in [0.25, 0.3) is 0 Å². The van der Waals surface area contributed by atoms with E-state index in [1.165, 1.54) is 0 Å². The van der Waals surface area contributed by atoms with E-state index in [0.29, 0.717) is 56.4 Å². The third-order valence-electron chi connectivity index (χ3n) is 4.07. The molecule has 1 saturated heterocycles.